The zero-order valence-corrected chi connectivity index (χ0v) is 27.2. The Morgan fingerprint density at radius 3 is 2.30 bits per heavy atom. The Morgan fingerprint density at radius 1 is 1.00 bits per heavy atom. The van der Waals surface area contributed by atoms with E-state index in [0.29, 0.717) is 41.8 Å². The maximum absolute atomic E-state index is 15.7. The first-order valence-corrected chi connectivity index (χ1v) is 15.8. The van der Waals surface area contributed by atoms with Crippen molar-refractivity contribution in [1.29, 1.82) is 0 Å². The second-order valence-electron chi connectivity index (χ2n) is 13.4. The highest BCUT2D eigenvalue weighted by molar-refractivity contribution is 5.93. The van der Waals surface area contributed by atoms with Gasteiger partial charge >= 0.3 is 12.2 Å². The number of methoxy groups -OCH3 is 1. The molecule has 2 N–H and O–H groups in total. The van der Waals surface area contributed by atoms with Gasteiger partial charge in [0.25, 0.3) is 0 Å². The Morgan fingerprint density at radius 2 is 1.70 bits per heavy atom. The number of hydrogen-bond donors (Lipinski definition) is 2. The van der Waals surface area contributed by atoms with Gasteiger partial charge < -0.3 is 25.0 Å². The standard InChI is InChI=1S/C36H43FN4O5/c1-35(2,3)46-33(43)40-36(17-18-36)29-16-13-25(20-30(29)37)32-28(24-9-7-6-8-10-24)21-26(22-38-32)39-31(42)19-23-11-14-27(15-12-23)41(4)34(44)45-5/h6-10,13,16,20-23,27H,11-12,14-15,17-19H2,1-5H3,(H,39,42)(H,40,43). The van der Waals surface area contributed by atoms with E-state index in [4.69, 9.17) is 14.5 Å². The second-order valence-corrected chi connectivity index (χ2v) is 13.4. The summed E-state index contributed by atoms with van der Waals surface area (Å²) in [4.78, 5) is 43.7. The van der Waals surface area contributed by atoms with E-state index in [1.165, 1.54) is 13.2 Å². The molecule has 46 heavy (non-hydrogen) atoms. The maximum atomic E-state index is 15.7. The van der Waals surface area contributed by atoms with E-state index in [2.05, 4.69) is 10.6 Å². The van der Waals surface area contributed by atoms with E-state index in [1.54, 1.807) is 45.0 Å². The molecule has 9 nitrogen and oxygen atoms in total. The predicted octanol–water partition coefficient (Wildman–Crippen LogP) is 7.65. The number of pyridine rings is 1. The van der Waals surface area contributed by atoms with E-state index in [-0.39, 0.29) is 24.0 Å². The quantitative estimate of drug-likeness (QED) is 0.265. The van der Waals surface area contributed by atoms with Crippen LogP contribution in [0.25, 0.3) is 22.4 Å². The third-order valence-electron chi connectivity index (χ3n) is 8.81. The Balaban J connectivity index is 1.31. The van der Waals surface area contributed by atoms with E-state index >= 15 is 4.39 Å². The van der Waals surface area contributed by atoms with Crippen LogP contribution in [0, 0.1) is 11.7 Å². The molecule has 3 amide bonds. The van der Waals surface area contributed by atoms with Gasteiger partial charge in [0, 0.05) is 36.2 Å². The highest BCUT2D eigenvalue weighted by Gasteiger charge is 2.48. The zero-order valence-electron chi connectivity index (χ0n) is 27.2. The largest absolute Gasteiger partial charge is 0.453 e. The molecule has 0 bridgehead atoms. The Labute approximate surface area is 269 Å². The van der Waals surface area contributed by atoms with E-state index < -0.39 is 23.1 Å². The summed E-state index contributed by atoms with van der Waals surface area (Å²) in [6.07, 6.45) is 5.65. The Hall–Kier alpha value is -4.47. The van der Waals surface area contributed by atoms with Crippen molar-refractivity contribution in [3.63, 3.8) is 0 Å². The number of ether oxygens (including phenoxy) is 2. The van der Waals surface area contributed by atoms with Crippen LogP contribution in [-0.4, -0.2) is 53.8 Å². The molecule has 0 radical (unpaired) electrons. The number of rotatable bonds is 8. The molecular weight excluding hydrogens is 587 g/mol. The van der Waals surface area contributed by atoms with Crippen molar-refractivity contribution >= 4 is 23.8 Å². The molecular formula is C36H43FN4O5. The first-order chi connectivity index (χ1) is 21.9. The Kier molecular flexibility index (Phi) is 9.65. The van der Waals surface area contributed by atoms with Crippen molar-refractivity contribution in [2.45, 2.75) is 82.9 Å². The molecule has 0 aliphatic heterocycles. The Bertz CT molecular complexity index is 1580. The highest BCUT2D eigenvalue weighted by atomic mass is 19.1. The minimum Gasteiger partial charge on any atom is -0.453 e. The van der Waals surface area contributed by atoms with Crippen LogP contribution in [0.5, 0.6) is 0 Å². The molecule has 2 aliphatic carbocycles. The van der Waals surface area contributed by atoms with Crippen LogP contribution in [0.2, 0.25) is 0 Å². The van der Waals surface area contributed by atoms with Gasteiger partial charge in [-0.05, 0) is 82.9 Å². The first-order valence-electron chi connectivity index (χ1n) is 15.8. The molecule has 2 fully saturated rings. The fourth-order valence-corrected chi connectivity index (χ4v) is 6.24. The van der Waals surface area contributed by atoms with Gasteiger partial charge in [-0.2, -0.15) is 0 Å². The minimum atomic E-state index is -0.786. The molecule has 3 aromatic rings. The van der Waals surface area contributed by atoms with Gasteiger partial charge in [0.1, 0.15) is 11.4 Å². The summed E-state index contributed by atoms with van der Waals surface area (Å²) in [7, 11) is 3.13. The average Bonchev–Trinajstić information content (AvgIpc) is 3.79. The van der Waals surface area contributed by atoms with Gasteiger partial charge in [-0.1, -0.05) is 42.5 Å². The van der Waals surface area contributed by atoms with Gasteiger partial charge in [0.15, 0.2) is 0 Å². The molecule has 1 heterocycles. The lowest BCUT2D eigenvalue weighted by atomic mass is 9.83. The molecule has 2 saturated carbocycles. The summed E-state index contributed by atoms with van der Waals surface area (Å²) in [6, 6.07) is 16.6. The van der Waals surface area contributed by atoms with Crippen molar-refractivity contribution in [3.05, 3.63) is 72.2 Å². The monoisotopic (exact) mass is 630 g/mol. The molecule has 0 atom stereocenters. The van der Waals surface area contributed by atoms with Gasteiger partial charge in [0.2, 0.25) is 5.91 Å². The summed E-state index contributed by atoms with van der Waals surface area (Å²) >= 11 is 0. The number of halogens is 1. The van der Waals surface area contributed by atoms with Crippen molar-refractivity contribution in [3.8, 4) is 22.4 Å². The van der Waals surface area contributed by atoms with Crippen LogP contribution >= 0.6 is 0 Å². The number of aromatic nitrogens is 1. The number of benzene rings is 2. The van der Waals surface area contributed by atoms with Crippen molar-refractivity contribution in [2.75, 3.05) is 19.5 Å². The van der Waals surface area contributed by atoms with E-state index in [9.17, 15) is 14.4 Å². The van der Waals surface area contributed by atoms with Crippen LogP contribution in [0.15, 0.2) is 60.8 Å². The average molecular weight is 631 g/mol. The second kappa shape index (κ2) is 13.5. The SMILES string of the molecule is COC(=O)N(C)C1CCC(CC(=O)Nc2cnc(-c3ccc(C4(NC(=O)OC(C)(C)C)CC4)c(F)c3)c(-c3ccccc3)c2)CC1. The molecule has 5 rings (SSSR count). The number of nitrogens with one attached hydrogen (secondary N) is 2. The summed E-state index contributed by atoms with van der Waals surface area (Å²) in [5.74, 6) is -0.304. The number of alkyl carbamates (subject to hydrolysis) is 1. The van der Waals surface area contributed by atoms with Crippen LogP contribution in [0.3, 0.4) is 0 Å². The number of anilines is 1. The van der Waals surface area contributed by atoms with E-state index in [0.717, 1.165) is 36.8 Å². The molecule has 2 aromatic carbocycles. The van der Waals surface area contributed by atoms with E-state index in [1.807, 2.05) is 42.5 Å². The molecule has 1 aromatic heterocycles. The summed E-state index contributed by atoms with van der Waals surface area (Å²) in [5.41, 5.74) is 2.32. The lowest BCUT2D eigenvalue weighted by Crippen LogP contribution is -2.39. The highest BCUT2D eigenvalue weighted by Crippen LogP contribution is 2.47. The van der Waals surface area contributed by atoms with Crippen LogP contribution in [0.1, 0.15) is 71.3 Å². The normalized spacial score (nSPS) is 18.7. The van der Waals surface area contributed by atoms with Crippen molar-refractivity contribution in [2.24, 2.45) is 5.92 Å². The van der Waals surface area contributed by atoms with Crippen LogP contribution in [0.4, 0.5) is 19.7 Å². The number of amides is 3. The molecule has 0 spiro atoms. The smallest absolute Gasteiger partial charge is 0.409 e. The fourth-order valence-electron chi connectivity index (χ4n) is 6.24. The molecule has 0 saturated heterocycles. The van der Waals surface area contributed by atoms with Gasteiger partial charge in [-0.3, -0.25) is 9.78 Å². The summed E-state index contributed by atoms with van der Waals surface area (Å²) in [6.45, 7) is 5.36. The fraction of sp³-hybridized carbons (Fsp3) is 0.444. The molecule has 2 aliphatic rings. The van der Waals surface area contributed by atoms with Gasteiger partial charge in [-0.25, -0.2) is 14.0 Å². The number of carbonyl (C=O) groups excluding carboxylic acids is 3. The summed E-state index contributed by atoms with van der Waals surface area (Å²) < 4.78 is 25.9. The first kappa shape index (κ1) is 32.9. The van der Waals surface area contributed by atoms with Crippen molar-refractivity contribution in [1.82, 2.24) is 15.2 Å². The molecule has 244 valence electrons. The predicted molar refractivity (Wildman–Crippen MR) is 175 cm³/mol. The van der Waals surface area contributed by atoms with Gasteiger partial charge in [-0.15, -0.1) is 0 Å². The third-order valence-corrected chi connectivity index (χ3v) is 8.81. The van der Waals surface area contributed by atoms with Crippen LogP contribution < -0.4 is 10.6 Å². The lowest BCUT2D eigenvalue weighted by Gasteiger charge is -2.33. The molecule has 10 heteroatoms. The topological polar surface area (TPSA) is 110 Å². The number of carbonyl (C=O) groups is 3. The van der Waals surface area contributed by atoms with Crippen LogP contribution in [-0.2, 0) is 19.8 Å². The minimum absolute atomic E-state index is 0.0963. The molecule has 0 unspecified atom stereocenters. The number of nitrogens with zero attached hydrogens (tertiary/aromatic N) is 2. The third kappa shape index (κ3) is 7.84. The zero-order chi connectivity index (χ0) is 33.1. The maximum Gasteiger partial charge on any atom is 0.409 e. The summed E-state index contributed by atoms with van der Waals surface area (Å²) in [5, 5.41) is 5.88. The van der Waals surface area contributed by atoms with Gasteiger partial charge in [0.05, 0.1) is 30.2 Å². The number of hydrogen-bond acceptors (Lipinski definition) is 6. The lowest BCUT2D eigenvalue weighted by molar-refractivity contribution is -0.117. The van der Waals surface area contributed by atoms with Crippen molar-refractivity contribution < 1.29 is 28.2 Å².